The summed E-state index contributed by atoms with van der Waals surface area (Å²) >= 11 is 0. The zero-order valence-corrected chi connectivity index (χ0v) is 12.3. The zero-order valence-electron chi connectivity index (χ0n) is 11.3. The predicted molar refractivity (Wildman–Crippen MR) is 76.0 cm³/mol. The second kappa shape index (κ2) is 5.64. The first-order chi connectivity index (χ1) is 7.44. The molecule has 1 aromatic rings. The maximum absolute atomic E-state index is 3.34. The van der Waals surface area contributed by atoms with Gasteiger partial charge in [0.15, 0.2) is 0 Å². The number of likely N-dealkylation sites (N-methyl/N-ethyl adjacent to an activating group) is 1. The Labute approximate surface area is 101 Å². The molecule has 0 fully saturated rings. The second-order valence-electron chi connectivity index (χ2n) is 5.88. The van der Waals surface area contributed by atoms with Crippen LogP contribution in [-0.4, -0.2) is 21.7 Å². The third-order valence-corrected chi connectivity index (χ3v) is 4.66. The van der Waals surface area contributed by atoms with Crippen LogP contribution in [0.1, 0.15) is 17.0 Å². The van der Waals surface area contributed by atoms with E-state index in [0.717, 1.165) is 6.54 Å². The molecule has 0 spiro atoms. The van der Waals surface area contributed by atoms with Crippen molar-refractivity contribution in [3.8, 4) is 0 Å². The Morgan fingerprint density at radius 2 is 1.81 bits per heavy atom. The highest BCUT2D eigenvalue weighted by Gasteiger charge is 2.22. The summed E-state index contributed by atoms with van der Waals surface area (Å²) in [7, 11) is 1.05. The van der Waals surface area contributed by atoms with Crippen LogP contribution in [0.25, 0.3) is 0 Å². The van der Waals surface area contributed by atoms with Gasteiger partial charge in [0.2, 0.25) is 0 Å². The number of nitrogens with one attached hydrogen (secondary N) is 1. The minimum Gasteiger partial charge on any atom is -0.319 e. The Hall–Kier alpha value is -0.603. The first-order valence-electron chi connectivity index (χ1n) is 6.14. The van der Waals surface area contributed by atoms with Crippen molar-refractivity contribution in [2.45, 2.75) is 38.5 Å². The molecule has 0 saturated heterocycles. The minimum atomic E-state index is -1.00. The average Bonchev–Trinajstić information content (AvgIpc) is 2.16. The highest BCUT2D eigenvalue weighted by atomic mass is 28.3. The van der Waals surface area contributed by atoms with Gasteiger partial charge in [-0.05, 0) is 37.1 Å². The molecule has 1 N–H and O–H groups in total. The Kier molecular flexibility index (Phi) is 4.75. The molecule has 90 valence electrons. The van der Waals surface area contributed by atoms with Gasteiger partial charge in [-0.3, -0.25) is 0 Å². The monoisotopic (exact) mass is 235 g/mol. The molecule has 0 saturated carbocycles. The molecule has 0 heterocycles. The van der Waals surface area contributed by atoms with E-state index in [1.807, 2.05) is 0 Å². The Bertz CT molecular complexity index is 328. The fourth-order valence-electron chi connectivity index (χ4n) is 2.32. The molecule has 16 heavy (non-hydrogen) atoms. The number of rotatable bonds is 5. The van der Waals surface area contributed by atoms with Crippen LogP contribution >= 0.6 is 0 Å². The molecular weight excluding hydrogens is 210 g/mol. The average molecular weight is 235 g/mol. The largest absolute Gasteiger partial charge is 0.319 e. The molecule has 0 bridgehead atoms. The van der Waals surface area contributed by atoms with E-state index in [-0.39, 0.29) is 0 Å². The lowest BCUT2D eigenvalue weighted by atomic mass is 9.96. The van der Waals surface area contributed by atoms with E-state index >= 15 is 0 Å². The SMILES string of the molecule is CNCC(C[Si](C)(C)C)c1ccccc1C. The molecular formula is C14H25NSi. The number of aryl methyl sites for hydroxylation is 1. The van der Waals surface area contributed by atoms with E-state index in [2.05, 4.69) is 63.2 Å². The zero-order chi connectivity index (χ0) is 12.2. The fraction of sp³-hybridized carbons (Fsp3) is 0.571. The van der Waals surface area contributed by atoms with Gasteiger partial charge >= 0.3 is 0 Å². The van der Waals surface area contributed by atoms with Crippen LogP contribution in [0.5, 0.6) is 0 Å². The molecule has 0 aliphatic rings. The van der Waals surface area contributed by atoms with Gasteiger partial charge in [-0.15, -0.1) is 0 Å². The lowest BCUT2D eigenvalue weighted by Gasteiger charge is -2.26. The van der Waals surface area contributed by atoms with Gasteiger partial charge in [0, 0.05) is 14.6 Å². The van der Waals surface area contributed by atoms with Crippen LogP contribution in [0.3, 0.4) is 0 Å². The first kappa shape index (κ1) is 13.5. The summed E-state index contributed by atoms with van der Waals surface area (Å²) in [5.74, 6) is 0.679. The number of benzene rings is 1. The normalized spacial score (nSPS) is 13.8. The van der Waals surface area contributed by atoms with Crippen LogP contribution in [0, 0.1) is 6.92 Å². The van der Waals surface area contributed by atoms with E-state index < -0.39 is 8.07 Å². The molecule has 0 amide bonds. The molecule has 1 unspecified atom stereocenters. The van der Waals surface area contributed by atoms with Gasteiger partial charge in [0.05, 0.1) is 0 Å². The molecule has 1 atom stereocenters. The third kappa shape index (κ3) is 4.10. The quantitative estimate of drug-likeness (QED) is 0.768. The third-order valence-electron chi connectivity index (χ3n) is 2.94. The van der Waals surface area contributed by atoms with Crippen molar-refractivity contribution < 1.29 is 0 Å². The highest BCUT2D eigenvalue weighted by molar-refractivity contribution is 6.76. The maximum atomic E-state index is 3.34. The maximum Gasteiger partial charge on any atom is 0.0449 e. The second-order valence-corrected chi connectivity index (χ2v) is 11.4. The van der Waals surface area contributed by atoms with Crippen molar-refractivity contribution in [1.29, 1.82) is 0 Å². The number of hydrogen-bond donors (Lipinski definition) is 1. The molecule has 0 aliphatic carbocycles. The summed E-state index contributed by atoms with van der Waals surface area (Å²) < 4.78 is 0. The van der Waals surface area contributed by atoms with E-state index in [9.17, 15) is 0 Å². The van der Waals surface area contributed by atoms with Crippen molar-refractivity contribution in [3.05, 3.63) is 35.4 Å². The van der Waals surface area contributed by atoms with Gasteiger partial charge in [0.1, 0.15) is 0 Å². The van der Waals surface area contributed by atoms with Crippen LogP contribution in [0.4, 0.5) is 0 Å². The van der Waals surface area contributed by atoms with Crippen molar-refractivity contribution >= 4 is 8.07 Å². The van der Waals surface area contributed by atoms with Crippen LogP contribution in [0.2, 0.25) is 25.7 Å². The van der Waals surface area contributed by atoms with E-state index in [1.54, 1.807) is 0 Å². The van der Waals surface area contributed by atoms with Crippen molar-refractivity contribution in [3.63, 3.8) is 0 Å². The lowest BCUT2D eigenvalue weighted by molar-refractivity contribution is 0.666. The summed E-state index contributed by atoms with van der Waals surface area (Å²) in [6, 6.07) is 10.2. The van der Waals surface area contributed by atoms with Gasteiger partial charge in [-0.25, -0.2) is 0 Å². The van der Waals surface area contributed by atoms with Crippen molar-refractivity contribution in [1.82, 2.24) is 5.32 Å². The molecule has 0 radical (unpaired) electrons. The smallest absolute Gasteiger partial charge is 0.0449 e. The van der Waals surface area contributed by atoms with Gasteiger partial charge < -0.3 is 5.32 Å². The lowest BCUT2D eigenvalue weighted by Crippen LogP contribution is -2.28. The minimum absolute atomic E-state index is 0.679. The van der Waals surface area contributed by atoms with E-state index in [1.165, 1.54) is 17.2 Å². The first-order valence-corrected chi connectivity index (χ1v) is 9.85. The standard InChI is InChI=1S/C14H25NSi/c1-12-8-6-7-9-14(12)13(10-15-2)11-16(3,4)5/h6-9,13,15H,10-11H2,1-5H3. The summed E-state index contributed by atoms with van der Waals surface area (Å²) in [5.41, 5.74) is 2.96. The summed E-state index contributed by atoms with van der Waals surface area (Å²) in [6.45, 7) is 10.7. The highest BCUT2D eigenvalue weighted by Crippen LogP contribution is 2.28. The predicted octanol–water partition coefficient (Wildman–Crippen LogP) is 3.64. The molecule has 1 nitrogen and oxygen atoms in total. The molecule has 1 aromatic carbocycles. The molecule has 0 aliphatic heterocycles. The fourth-order valence-corrected chi connectivity index (χ4v) is 4.17. The van der Waals surface area contributed by atoms with Crippen molar-refractivity contribution in [2.24, 2.45) is 0 Å². The van der Waals surface area contributed by atoms with Crippen molar-refractivity contribution in [2.75, 3.05) is 13.6 Å². The summed E-state index contributed by atoms with van der Waals surface area (Å²) in [5, 5.41) is 3.34. The Morgan fingerprint density at radius 3 is 2.31 bits per heavy atom. The van der Waals surface area contributed by atoms with Crippen LogP contribution < -0.4 is 5.32 Å². The van der Waals surface area contributed by atoms with E-state index in [0.29, 0.717) is 5.92 Å². The van der Waals surface area contributed by atoms with Gasteiger partial charge in [0.25, 0.3) is 0 Å². The topological polar surface area (TPSA) is 12.0 Å². The molecule has 0 aromatic heterocycles. The number of hydrogen-bond acceptors (Lipinski definition) is 1. The Morgan fingerprint density at radius 1 is 1.19 bits per heavy atom. The summed E-state index contributed by atoms with van der Waals surface area (Å²) in [6.07, 6.45) is 0. The molecule has 2 heteroatoms. The summed E-state index contributed by atoms with van der Waals surface area (Å²) in [4.78, 5) is 0. The van der Waals surface area contributed by atoms with Gasteiger partial charge in [-0.1, -0.05) is 43.9 Å². The Balaban J connectivity index is 2.89. The van der Waals surface area contributed by atoms with Crippen LogP contribution in [0.15, 0.2) is 24.3 Å². The van der Waals surface area contributed by atoms with Crippen LogP contribution in [-0.2, 0) is 0 Å². The van der Waals surface area contributed by atoms with Gasteiger partial charge in [-0.2, -0.15) is 0 Å². The van der Waals surface area contributed by atoms with E-state index in [4.69, 9.17) is 0 Å². The molecule has 1 rings (SSSR count).